The van der Waals surface area contributed by atoms with Crippen molar-refractivity contribution in [2.45, 2.75) is 39.7 Å². The summed E-state index contributed by atoms with van der Waals surface area (Å²) in [6.07, 6.45) is 1.11. The van der Waals surface area contributed by atoms with Gasteiger partial charge >= 0.3 is 12.0 Å². The summed E-state index contributed by atoms with van der Waals surface area (Å²) in [5, 5.41) is 14.2. The first-order valence-electron chi connectivity index (χ1n) is 6.32. The Hall–Kier alpha value is -2.04. The molecule has 0 spiro atoms. The fourth-order valence-corrected chi connectivity index (χ4v) is 1.87. The zero-order chi connectivity index (χ0) is 14.4. The normalized spacial score (nSPS) is 11.7. The van der Waals surface area contributed by atoms with Gasteiger partial charge in [-0.3, -0.25) is 0 Å². The van der Waals surface area contributed by atoms with Crippen LogP contribution in [0.25, 0.3) is 0 Å². The third-order valence-electron chi connectivity index (χ3n) is 2.90. The van der Waals surface area contributed by atoms with Crippen LogP contribution in [0.5, 0.6) is 0 Å². The van der Waals surface area contributed by atoms with Gasteiger partial charge < -0.3 is 15.7 Å². The molecule has 0 aromatic heterocycles. The SMILES string of the molecule is CCC[C@H](NC(=O)Nc1c(C)cccc1C)C(=O)O. The highest BCUT2D eigenvalue weighted by Gasteiger charge is 2.19. The van der Waals surface area contributed by atoms with Gasteiger partial charge in [-0.15, -0.1) is 0 Å². The number of carbonyl (C=O) groups is 2. The van der Waals surface area contributed by atoms with Crippen LogP contribution in [0.2, 0.25) is 0 Å². The number of aryl methyl sites for hydroxylation is 2. The van der Waals surface area contributed by atoms with Crippen molar-refractivity contribution < 1.29 is 14.7 Å². The van der Waals surface area contributed by atoms with Crippen molar-refractivity contribution in [3.63, 3.8) is 0 Å². The minimum Gasteiger partial charge on any atom is -0.480 e. The average Bonchev–Trinajstić information content (AvgIpc) is 2.33. The van der Waals surface area contributed by atoms with Crippen LogP contribution in [0.4, 0.5) is 10.5 Å². The second-order valence-electron chi connectivity index (χ2n) is 4.54. The van der Waals surface area contributed by atoms with Crippen LogP contribution in [-0.2, 0) is 4.79 Å². The summed E-state index contributed by atoms with van der Waals surface area (Å²) < 4.78 is 0. The summed E-state index contributed by atoms with van der Waals surface area (Å²) in [5.41, 5.74) is 2.61. The Balaban J connectivity index is 2.72. The number of anilines is 1. The molecule has 0 aliphatic carbocycles. The minimum absolute atomic E-state index is 0.412. The molecule has 2 amide bonds. The Bertz CT molecular complexity index is 452. The van der Waals surface area contributed by atoms with Crippen molar-refractivity contribution >= 4 is 17.7 Å². The fourth-order valence-electron chi connectivity index (χ4n) is 1.87. The molecule has 1 aromatic carbocycles. The molecule has 1 rings (SSSR count). The van der Waals surface area contributed by atoms with E-state index in [9.17, 15) is 9.59 Å². The first kappa shape index (κ1) is 15.0. The van der Waals surface area contributed by atoms with Gasteiger partial charge in [-0.2, -0.15) is 0 Å². The van der Waals surface area contributed by atoms with Crippen molar-refractivity contribution in [2.24, 2.45) is 0 Å². The van der Waals surface area contributed by atoms with Gasteiger partial charge in [-0.05, 0) is 31.4 Å². The summed E-state index contributed by atoms with van der Waals surface area (Å²) in [6.45, 7) is 5.66. The molecule has 0 heterocycles. The highest BCUT2D eigenvalue weighted by atomic mass is 16.4. The van der Waals surface area contributed by atoms with Crippen LogP contribution in [0.1, 0.15) is 30.9 Å². The number of hydrogen-bond donors (Lipinski definition) is 3. The largest absolute Gasteiger partial charge is 0.480 e. The minimum atomic E-state index is -1.02. The van der Waals surface area contributed by atoms with E-state index in [1.165, 1.54) is 0 Å². The van der Waals surface area contributed by atoms with Crippen LogP contribution in [-0.4, -0.2) is 23.1 Å². The molecule has 0 saturated carbocycles. The van der Waals surface area contributed by atoms with Crippen molar-refractivity contribution in [1.82, 2.24) is 5.32 Å². The van der Waals surface area contributed by atoms with E-state index < -0.39 is 18.0 Å². The molecule has 3 N–H and O–H groups in total. The molecule has 5 heteroatoms. The molecule has 0 radical (unpaired) electrons. The van der Waals surface area contributed by atoms with Crippen LogP contribution >= 0.6 is 0 Å². The van der Waals surface area contributed by atoms with Crippen molar-refractivity contribution in [3.05, 3.63) is 29.3 Å². The smallest absolute Gasteiger partial charge is 0.326 e. The van der Waals surface area contributed by atoms with E-state index in [1.807, 2.05) is 39.0 Å². The molecular weight excluding hydrogens is 244 g/mol. The number of aliphatic carboxylic acids is 1. The zero-order valence-corrected chi connectivity index (χ0v) is 11.5. The number of carbonyl (C=O) groups excluding carboxylic acids is 1. The van der Waals surface area contributed by atoms with E-state index >= 15 is 0 Å². The lowest BCUT2D eigenvalue weighted by atomic mass is 10.1. The molecule has 0 saturated heterocycles. The number of para-hydroxylation sites is 1. The lowest BCUT2D eigenvalue weighted by Gasteiger charge is -2.16. The van der Waals surface area contributed by atoms with E-state index in [1.54, 1.807) is 0 Å². The molecule has 5 nitrogen and oxygen atoms in total. The van der Waals surface area contributed by atoms with E-state index in [0.717, 1.165) is 16.8 Å². The summed E-state index contributed by atoms with van der Waals surface area (Å²) in [5.74, 6) is -1.02. The molecule has 0 aliphatic rings. The van der Waals surface area contributed by atoms with Gasteiger partial charge in [0.05, 0.1) is 0 Å². The van der Waals surface area contributed by atoms with Crippen molar-refractivity contribution in [3.8, 4) is 0 Å². The van der Waals surface area contributed by atoms with Gasteiger partial charge in [-0.25, -0.2) is 9.59 Å². The predicted octanol–water partition coefficient (Wildman–Crippen LogP) is 2.68. The molecule has 19 heavy (non-hydrogen) atoms. The summed E-state index contributed by atoms with van der Waals surface area (Å²) in [4.78, 5) is 22.8. The molecule has 104 valence electrons. The third-order valence-corrected chi connectivity index (χ3v) is 2.90. The lowest BCUT2D eigenvalue weighted by Crippen LogP contribution is -2.43. The standard InChI is InChI=1S/C14H20N2O3/c1-4-6-11(13(17)18)15-14(19)16-12-9(2)7-5-8-10(12)3/h5,7-8,11H,4,6H2,1-3H3,(H,17,18)(H2,15,16,19)/t11-/m0/s1. The second-order valence-corrected chi connectivity index (χ2v) is 4.54. The van der Waals surface area contributed by atoms with Gasteiger partial charge in [0.1, 0.15) is 6.04 Å². The number of hydrogen-bond acceptors (Lipinski definition) is 2. The number of rotatable bonds is 5. The summed E-state index contributed by atoms with van der Waals surface area (Å²) >= 11 is 0. The third kappa shape index (κ3) is 4.28. The first-order chi connectivity index (χ1) is 8.95. The highest BCUT2D eigenvalue weighted by molar-refractivity contribution is 5.93. The Kier molecular flexibility index (Phi) is 5.36. The quantitative estimate of drug-likeness (QED) is 0.765. The van der Waals surface area contributed by atoms with Gasteiger partial charge in [0.2, 0.25) is 0 Å². The average molecular weight is 264 g/mol. The topological polar surface area (TPSA) is 78.4 Å². The Morgan fingerprint density at radius 1 is 1.26 bits per heavy atom. The van der Waals surface area contributed by atoms with Crippen molar-refractivity contribution in [2.75, 3.05) is 5.32 Å². The number of amides is 2. The number of urea groups is 1. The van der Waals surface area contributed by atoms with Gasteiger partial charge in [0.15, 0.2) is 0 Å². The summed E-state index contributed by atoms with van der Waals surface area (Å²) in [6, 6.07) is 4.35. The van der Waals surface area contributed by atoms with Gasteiger partial charge in [0.25, 0.3) is 0 Å². The fraction of sp³-hybridized carbons (Fsp3) is 0.429. The maximum Gasteiger partial charge on any atom is 0.326 e. The monoisotopic (exact) mass is 264 g/mol. The number of carboxylic acids is 1. The first-order valence-corrected chi connectivity index (χ1v) is 6.32. The van der Waals surface area contributed by atoms with Gasteiger partial charge in [0, 0.05) is 5.69 Å². The molecule has 0 aliphatic heterocycles. The Labute approximate surface area is 113 Å². The maximum absolute atomic E-state index is 11.8. The summed E-state index contributed by atoms with van der Waals surface area (Å²) in [7, 11) is 0. The highest BCUT2D eigenvalue weighted by Crippen LogP contribution is 2.19. The number of benzene rings is 1. The molecule has 1 atom stereocenters. The predicted molar refractivity (Wildman–Crippen MR) is 74.4 cm³/mol. The van der Waals surface area contributed by atoms with Crippen LogP contribution in [0, 0.1) is 13.8 Å². The second kappa shape index (κ2) is 6.78. The number of nitrogens with one attached hydrogen (secondary N) is 2. The molecular formula is C14H20N2O3. The zero-order valence-electron chi connectivity index (χ0n) is 11.5. The molecule has 0 bridgehead atoms. The maximum atomic E-state index is 11.8. The molecule has 1 aromatic rings. The molecule has 0 unspecified atom stereocenters. The lowest BCUT2D eigenvalue weighted by molar-refractivity contribution is -0.139. The Morgan fingerprint density at radius 2 is 1.84 bits per heavy atom. The van der Waals surface area contributed by atoms with E-state index in [2.05, 4.69) is 10.6 Å². The van der Waals surface area contributed by atoms with Gasteiger partial charge in [-0.1, -0.05) is 31.5 Å². The Morgan fingerprint density at radius 3 is 2.32 bits per heavy atom. The van der Waals surface area contributed by atoms with E-state index in [4.69, 9.17) is 5.11 Å². The van der Waals surface area contributed by atoms with Crippen LogP contribution < -0.4 is 10.6 Å². The molecule has 0 fully saturated rings. The van der Waals surface area contributed by atoms with E-state index in [-0.39, 0.29) is 0 Å². The van der Waals surface area contributed by atoms with E-state index in [0.29, 0.717) is 12.8 Å². The van der Waals surface area contributed by atoms with Crippen molar-refractivity contribution in [1.29, 1.82) is 0 Å². The van der Waals surface area contributed by atoms with Crippen LogP contribution in [0.15, 0.2) is 18.2 Å². The van der Waals surface area contributed by atoms with Crippen LogP contribution in [0.3, 0.4) is 0 Å². The number of carboxylic acid groups (broad SMARTS) is 1.